The highest BCUT2D eigenvalue weighted by Crippen LogP contribution is 2.61. The molecule has 0 bridgehead atoms. The van der Waals surface area contributed by atoms with Gasteiger partial charge in [-0.05, 0) is 100 Å². The summed E-state index contributed by atoms with van der Waals surface area (Å²) in [7, 11) is 1.74. The van der Waals surface area contributed by atoms with E-state index < -0.39 is 6.16 Å². The minimum atomic E-state index is -0.474. The molecule has 2 saturated carbocycles. The van der Waals surface area contributed by atoms with Crippen molar-refractivity contribution in [3.05, 3.63) is 29.3 Å². The van der Waals surface area contributed by atoms with E-state index in [0.717, 1.165) is 55.6 Å². The summed E-state index contributed by atoms with van der Waals surface area (Å²) >= 11 is 0. The first-order valence-corrected chi connectivity index (χ1v) is 12.7. The largest absolute Gasteiger partial charge is 1.00 e. The Hall–Kier alpha value is -1.02. The van der Waals surface area contributed by atoms with Gasteiger partial charge in [-0.1, -0.05) is 13.0 Å². The molecule has 6 heteroatoms. The van der Waals surface area contributed by atoms with Crippen LogP contribution in [0.15, 0.2) is 18.2 Å². The van der Waals surface area contributed by atoms with Gasteiger partial charge in [0.15, 0.2) is 0 Å². The number of aryl methyl sites for hydroxylation is 1. The number of nitrogens with zero attached hydrogens (tertiary/aromatic N) is 1. The number of hydrogen-bond acceptors (Lipinski definition) is 4. The van der Waals surface area contributed by atoms with E-state index in [1.54, 1.807) is 7.11 Å². The first kappa shape index (κ1) is 26.6. The number of carbonyl (C=O) groups excluding carboxylic acids is 1. The standard InChI is InChI=1S/C27H42NO4.HI/c1-6-28(7-2,8-3)18-31-26(29)32-25-14-13-24-23-11-9-19-17-20(30-5)10-12-21(19)22(23)15-16-27(24,25)4;/h10,12,17,22-25H,6-9,11,13-16,18H2,1-5H3;1H/q+1;/p-1/t22-,23-,24+,25+,27+;/m1./s1. The molecule has 0 aliphatic heterocycles. The van der Waals surface area contributed by atoms with Gasteiger partial charge in [-0.2, -0.15) is 0 Å². The SMILES string of the molecule is CC[N+](CC)(CC)COC(=O)O[C@H]1CC[C@H]2[C@@H]3CCc4cc(OC)ccc4[C@H]3CC[C@]12C.[I-]. The van der Waals surface area contributed by atoms with E-state index in [4.69, 9.17) is 14.2 Å². The average Bonchev–Trinajstić information content (AvgIpc) is 3.15. The molecule has 33 heavy (non-hydrogen) atoms. The molecule has 0 radical (unpaired) electrons. The zero-order valence-electron chi connectivity index (χ0n) is 21.1. The molecule has 186 valence electrons. The predicted octanol–water partition coefficient (Wildman–Crippen LogP) is 2.91. The number of benzene rings is 1. The molecule has 0 amide bonds. The van der Waals surface area contributed by atoms with Crippen molar-refractivity contribution in [2.24, 2.45) is 17.3 Å². The summed E-state index contributed by atoms with van der Waals surface area (Å²) in [5.74, 6) is 2.90. The van der Waals surface area contributed by atoms with Gasteiger partial charge in [0.25, 0.3) is 0 Å². The fourth-order valence-electron chi connectivity index (χ4n) is 7.12. The van der Waals surface area contributed by atoms with Crippen LogP contribution in [0.5, 0.6) is 5.75 Å². The summed E-state index contributed by atoms with van der Waals surface area (Å²) in [6.07, 6.45) is 6.26. The summed E-state index contributed by atoms with van der Waals surface area (Å²) in [6, 6.07) is 6.65. The Labute approximate surface area is 217 Å². The Morgan fingerprint density at radius 1 is 1.09 bits per heavy atom. The van der Waals surface area contributed by atoms with Crippen LogP contribution in [0.1, 0.15) is 76.8 Å². The highest BCUT2D eigenvalue weighted by atomic mass is 127. The highest BCUT2D eigenvalue weighted by Gasteiger charge is 2.56. The number of fused-ring (bicyclic) bond motifs is 5. The van der Waals surface area contributed by atoms with Crippen molar-refractivity contribution in [2.45, 2.75) is 78.2 Å². The fourth-order valence-corrected chi connectivity index (χ4v) is 7.12. The van der Waals surface area contributed by atoms with Crippen LogP contribution in [-0.2, 0) is 15.9 Å². The maximum atomic E-state index is 12.7. The molecular formula is C27H42INO4. The molecule has 2 fully saturated rings. The van der Waals surface area contributed by atoms with E-state index in [2.05, 4.69) is 45.9 Å². The van der Waals surface area contributed by atoms with Crippen LogP contribution >= 0.6 is 0 Å². The highest BCUT2D eigenvalue weighted by molar-refractivity contribution is 5.60. The molecule has 3 aliphatic rings. The van der Waals surface area contributed by atoms with Crippen molar-refractivity contribution in [1.82, 2.24) is 0 Å². The van der Waals surface area contributed by atoms with Crippen LogP contribution in [0, 0.1) is 17.3 Å². The Morgan fingerprint density at radius 3 is 2.48 bits per heavy atom. The van der Waals surface area contributed by atoms with E-state index in [0.29, 0.717) is 24.5 Å². The second-order valence-electron chi connectivity index (χ2n) is 10.5. The second-order valence-corrected chi connectivity index (χ2v) is 10.5. The predicted molar refractivity (Wildman–Crippen MR) is 126 cm³/mol. The van der Waals surface area contributed by atoms with Crippen molar-refractivity contribution in [3.63, 3.8) is 0 Å². The van der Waals surface area contributed by atoms with E-state index in [1.165, 1.54) is 24.0 Å². The third-order valence-electron chi connectivity index (χ3n) is 9.55. The third-order valence-corrected chi connectivity index (χ3v) is 9.55. The number of carbonyl (C=O) groups is 1. The van der Waals surface area contributed by atoms with Crippen LogP contribution in [0.4, 0.5) is 4.79 Å². The van der Waals surface area contributed by atoms with E-state index >= 15 is 0 Å². The molecule has 0 aromatic heterocycles. The molecule has 0 N–H and O–H groups in total. The van der Waals surface area contributed by atoms with Gasteiger partial charge in [0, 0.05) is 5.41 Å². The summed E-state index contributed by atoms with van der Waals surface area (Å²) < 4.78 is 17.9. The van der Waals surface area contributed by atoms with Gasteiger partial charge < -0.3 is 38.2 Å². The first-order chi connectivity index (χ1) is 15.4. The van der Waals surface area contributed by atoms with Crippen molar-refractivity contribution in [2.75, 3.05) is 33.5 Å². The van der Waals surface area contributed by atoms with Gasteiger partial charge in [-0.15, -0.1) is 0 Å². The zero-order valence-corrected chi connectivity index (χ0v) is 23.2. The number of halogens is 1. The van der Waals surface area contributed by atoms with Gasteiger partial charge in [0.05, 0.1) is 26.7 Å². The van der Waals surface area contributed by atoms with E-state index in [-0.39, 0.29) is 35.5 Å². The quantitative estimate of drug-likeness (QED) is 0.219. The number of rotatable bonds is 7. The Balaban J connectivity index is 0.00000306. The van der Waals surface area contributed by atoms with Gasteiger partial charge >= 0.3 is 6.16 Å². The average molecular weight is 572 g/mol. The molecule has 5 nitrogen and oxygen atoms in total. The lowest BCUT2D eigenvalue weighted by atomic mass is 9.55. The van der Waals surface area contributed by atoms with Crippen molar-refractivity contribution in [3.8, 4) is 5.75 Å². The smallest absolute Gasteiger partial charge is 0.512 e. The van der Waals surface area contributed by atoms with Crippen LogP contribution < -0.4 is 28.7 Å². The summed E-state index contributed by atoms with van der Waals surface area (Å²) in [5, 5.41) is 0. The first-order valence-electron chi connectivity index (χ1n) is 12.7. The molecule has 1 aromatic carbocycles. The number of quaternary nitrogens is 1. The second kappa shape index (κ2) is 10.7. The minimum Gasteiger partial charge on any atom is -1.00 e. The lowest BCUT2D eigenvalue weighted by Gasteiger charge is -2.50. The van der Waals surface area contributed by atoms with Gasteiger partial charge in [0.2, 0.25) is 6.73 Å². The van der Waals surface area contributed by atoms with Crippen LogP contribution in [0.2, 0.25) is 0 Å². The molecule has 1 aromatic rings. The summed E-state index contributed by atoms with van der Waals surface area (Å²) in [6.45, 7) is 12.1. The molecule has 0 saturated heterocycles. The lowest BCUT2D eigenvalue weighted by Crippen LogP contribution is -3.00. The monoisotopic (exact) mass is 571 g/mol. The Bertz CT molecular complexity index is 818. The van der Waals surface area contributed by atoms with Crippen LogP contribution in [0.25, 0.3) is 0 Å². The molecule has 3 aliphatic carbocycles. The van der Waals surface area contributed by atoms with Crippen LogP contribution in [-0.4, -0.2) is 50.2 Å². The number of hydrogen-bond donors (Lipinski definition) is 0. The summed E-state index contributed by atoms with van der Waals surface area (Å²) in [4.78, 5) is 12.7. The Kier molecular flexibility index (Phi) is 8.63. The molecule has 0 spiro atoms. The maximum Gasteiger partial charge on any atom is 0.512 e. The lowest BCUT2D eigenvalue weighted by molar-refractivity contribution is -0.939. The third kappa shape index (κ3) is 4.89. The molecule has 4 rings (SSSR count). The molecule has 5 atom stereocenters. The minimum absolute atomic E-state index is 0. The normalized spacial score (nSPS) is 30.3. The van der Waals surface area contributed by atoms with Crippen molar-refractivity contribution >= 4 is 6.16 Å². The van der Waals surface area contributed by atoms with E-state index in [9.17, 15) is 4.79 Å². The molecular weight excluding hydrogens is 529 g/mol. The van der Waals surface area contributed by atoms with Gasteiger partial charge in [0.1, 0.15) is 11.9 Å². The zero-order chi connectivity index (χ0) is 22.9. The van der Waals surface area contributed by atoms with E-state index in [1.807, 2.05) is 0 Å². The van der Waals surface area contributed by atoms with Crippen molar-refractivity contribution in [1.29, 1.82) is 0 Å². The molecule has 0 heterocycles. The number of ether oxygens (including phenoxy) is 3. The maximum absolute atomic E-state index is 12.7. The van der Waals surface area contributed by atoms with Crippen LogP contribution in [0.3, 0.4) is 0 Å². The topological polar surface area (TPSA) is 44.8 Å². The molecule has 0 unspecified atom stereocenters. The Morgan fingerprint density at radius 2 is 1.82 bits per heavy atom. The summed E-state index contributed by atoms with van der Waals surface area (Å²) in [5.41, 5.74) is 3.06. The number of methoxy groups -OCH3 is 1. The van der Waals surface area contributed by atoms with Gasteiger partial charge in [-0.3, -0.25) is 4.48 Å². The van der Waals surface area contributed by atoms with Crippen molar-refractivity contribution < 1.29 is 47.5 Å². The van der Waals surface area contributed by atoms with Gasteiger partial charge in [-0.25, -0.2) is 4.79 Å². The fraction of sp³-hybridized carbons (Fsp3) is 0.741.